The number of benzene rings is 2. The molecule has 0 aromatic heterocycles. The van der Waals surface area contributed by atoms with Gasteiger partial charge in [0.2, 0.25) is 0 Å². The van der Waals surface area contributed by atoms with Crippen LogP contribution in [0.2, 0.25) is 0 Å². The number of hydrogen-bond donors (Lipinski definition) is 1. The molecule has 0 radical (unpaired) electrons. The summed E-state index contributed by atoms with van der Waals surface area (Å²) < 4.78 is 25.7. The van der Waals surface area contributed by atoms with Crippen LogP contribution in [0.25, 0.3) is 0 Å². The van der Waals surface area contributed by atoms with Gasteiger partial charge in [-0.1, -0.05) is 6.07 Å². The summed E-state index contributed by atoms with van der Waals surface area (Å²) >= 11 is 0. The molecule has 2 rings (SSSR count). The van der Waals surface area contributed by atoms with Crippen LogP contribution in [0, 0.1) is 0 Å². The van der Waals surface area contributed by atoms with E-state index in [2.05, 4.69) is 15.3 Å². The van der Waals surface area contributed by atoms with E-state index in [-0.39, 0.29) is 6.61 Å². The maximum Gasteiger partial charge on any atom is 0.343 e. The van der Waals surface area contributed by atoms with Gasteiger partial charge in [-0.15, -0.1) is 0 Å². The van der Waals surface area contributed by atoms with E-state index in [9.17, 15) is 4.79 Å². The number of esters is 1. The number of methoxy groups -OCH3 is 4. The highest BCUT2D eigenvalue weighted by Gasteiger charge is 2.08. The van der Waals surface area contributed by atoms with Crippen LogP contribution in [0.3, 0.4) is 0 Å². The Kier molecular flexibility index (Phi) is 7.95. The third-order valence-corrected chi connectivity index (χ3v) is 3.80. The zero-order chi connectivity index (χ0) is 20.4. The molecule has 28 heavy (non-hydrogen) atoms. The molecule has 0 saturated heterocycles. The molecule has 0 aliphatic carbocycles. The second kappa shape index (κ2) is 10.7. The first-order valence-electron chi connectivity index (χ1n) is 8.45. The highest BCUT2D eigenvalue weighted by atomic mass is 16.6. The number of nitrogens with one attached hydrogen (secondary N) is 1. The van der Waals surface area contributed by atoms with E-state index in [0.29, 0.717) is 29.5 Å². The summed E-state index contributed by atoms with van der Waals surface area (Å²) in [7, 11) is 6.02. The Hall–Kier alpha value is -3.42. The van der Waals surface area contributed by atoms with Crippen molar-refractivity contribution in [3.8, 4) is 23.0 Å². The van der Waals surface area contributed by atoms with E-state index in [1.165, 1.54) is 14.2 Å². The van der Waals surface area contributed by atoms with E-state index in [1.807, 2.05) is 18.2 Å². The highest BCUT2D eigenvalue weighted by Crippen LogP contribution is 2.28. The molecule has 0 aliphatic heterocycles. The van der Waals surface area contributed by atoms with Crippen molar-refractivity contribution in [2.45, 2.75) is 6.54 Å². The molecule has 0 unspecified atom stereocenters. The molecule has 0 fully saturated rings. The lowest BCUT2D eigenvalue weighted by Gasteiger charge is -2.10. The average Bonchev–Trinajstić information content (AvgIpc) is 2.74. The van der Waals surface area contributed by atoms with Crippen LogP contribution in [0.4, 0.5) is 0 Å². The van der Waals surface area contributed by atoms with Gasteiger partial charge in [-0.2, -0.15) is 5.10 Å². The Morgan fingerprint density at radius 3 is 2.29 bits per heavy atom. The molecule has 0 heterocycles. The van der Waals surface area contributed by atoms with Crippen molar-refractivity contribution in [3.05, 3.63) is 47.5 Å². The topological polar surface area (TPSA) is 87.6 Å². The van der Waals surface area contributed by atoms with E-state index < -0.39 is 5.97 Å². The molecular formula is C20H24N2O6. The van der Waals surface area contributed by atoms with Crippen molar-refractivity contribution in [1.29, 1.82) is 0 Å². The second-order valence-corrected chi connectivity index (χ2v) is 5.56. The molecule has 0 atom stereocenters. The minimum Gasteiger partial charge on any atom is -0.493 e. The summed E-state index contributed by atoms with van der Waals surface area (Å²) in [5.41, 5.74) is 4.79. The van der Waals surface area contributed by atoms with Gasteiger partial charge in [-0.05, 0) is 41.5 Å². The lowest BCUT2D eigenvalue weighted by Crippen LogP contribution is -2.13. The van der Waals surface area contributed by atoms with Gasteiger partial charge in [0.15, 0.2) is 29.6 Å². The van der Waals surface area contributed by atoms with E-state index in [4.69, 9.17) is 18.9 Å². The van der Waals surface area contributed by atoms with Crippen molar-refractivity contribution in [1.82, 2.24) is 5.43 Å². The fraction of sp³-hybridized carbons (Fsp3) is 0.300. The van der Waals surface area contributed by atoms with Gasteiger partial charge in [-0.3, -0.25) is 0 Å². The Bertz CT molecular complexity index is 822. The van der Waals surface area contributed by atoms with Gasteiger partial charge >= 0.3 is 5.97 Å². The predicted octanol–water partition coefficient (Wildman–Crippen LogP) is 2.39. The normalized spacial score (nSPS) is 10.4. The Morgan fingerprint density at radius 2 is 1.61 bits per heavy atom. The van der Waals surface area contributed by atoms with Crippen molar-refractivity contribution < 1.29 is 28.5 Å². The van der Waals surface area contributed by atoms with Gasteiger partial charge < -0.3 is 29.1 Å². The lowest BCUT2D eigenvalue weighted by atomic mass is 10.2. The van der Waals surface area contributed by atoms with Gasteiger partial charge in [-0.25, -0.2) is 4.79 Å². The fourth-order valence-corrected chi connectivity index (χ4v) is 2.33. The summed E-state index contributed by atoms with van der Waals surface area (Å²) in [4.78, 5) is 11.2. The van der Waals surface area contributed by atoms with Crippen molar-refractivity contribution >= 4 is 12.2 Å². The maximum atomic E-state index is 11.2. The van der Waals surface area contributed by atoms with Crippen LogP contribution in [-0.2, 0) is 16.1 Å². The quantitative estimate of drug-likeness (QED) is 0.380. The molecule has 8 nitrogen and oxygen atoms in total. The molecule has 0 aliphatic rings. The van der Waals surface area contributed by atoms with Crippen LogP contribution in [0.1, 0.15) is 11.1 Å². The third kappa shape index (κ3) is 5.80. The molecule has 1 N–H and O–H groups in total. The molecule has 0 amide bonds. The smallest absolute Gasteiger partial charge is 0.343 e. The van der Waals surface area contributed by atoms with Gasteiger partial charge in [0.25, 0.3) is 0 Å². The predicted molar refractivity (Wildman–Crippen MR) is 104 cm³/mol. The van der Waals surface area contributed by atoms with Crippen LogP contribution in [0.5, 0.6) is 23.0 Å². The molecule has 0 bridgehead atoms. The average molecular weight is 388 g/mol. The molecular weight excluding hydrogens is 364 g/mol. The second-order valence-electron chi connectivity index (χ2n) is 5.56. The number of hydrogen-bond acceptors (Lipinski definition) is 8. The minimum absolute atomic E-state index is 0.187. The third-order valence-electron chi connectivity index (χ3n) is 3.80. The number of hydrazone groups is 1. The van der Waals surface area contributed by atoms with Gasteiger partial charge in [0, 0.05) is 0 Å². The Balaban J connectivity index is 1.95. The van der Waals surface area contributed by atoms with Gasteiger partial charge in [0.05, 0.1) is 41.2 Å². The highest BCUT2D eigenvalue weighted by molar-refractivity contribution is 5.80. The number of ether oxygens (including phenoxy) is 5. The van der Waals surface area contributed by atoms with E-state index >= 15 is 0 Å². The first-order chi connectivity index (χ1) is 13.6. The fourth-order valence-electron chi connectivity index (χ4n) is 2.33. The first kappa shape index (κ1) is 20.9. The largest absolute Gasteiger partial charge is 0.493 e. The first-order valence-corrected chi connectivity index (χ1v) is 8.45. The van der Waals surface area contributed by atoms with Gasteiger partial charge in [0.1, 0.15) is 0 Å². The Labute approximate surface area is 164 Å². The van der Waals surface area contributed by atoms with Crippen molar-refractivity contribution in [2.75, 3.05) is 35.0 Å². The number of nitrogens with zero attached hydrogens (tertiary/aromatic N) is 1. The van der Waals surface area contributed by atoms with Crippen LogP contribution in [0.15, 0.2) is 41.5 Å². The zero-order valence-electron chi connectivity index (χ0n) is 16.4. The summed E-state index contributed by atoms with van der Waals surface area (Å²) in [6, 6.07) is 10.9. The number of carbonyl (C=O) groups is 1. The molecule has 2 aromatic rings. The molecule has 2 aromatic carbocycles. The summed E-state index contributed by atoms with van der Waals surface area (Å²) in [5.74, 6) is 1.82. The van der Waals surface area contributed by atoms with E-state index in [1.54, 1.807) is 38.6 Å². The van der Waals surface area contributed by atoms with Crippen molar-refractivity contribution in [2.24, 2.45) is 5.10 Å². The van der Waals surface area contributed by atoms with Crippen LogP contribution < -0.4 is 24.4 Å². The Morgan fingerprint density at radius 1 is 0.929 bits per heavy atom. The molecule has 150 valence electrons. The summed E-state index contributed by atoms with van der Waals surface area (Å²) in [6.07, 6.45) is 1.66. The zero-order valence-corrected chi connectivity index (χ0v) is 16.4. The SMILES string of the molecule is COC(=O)COc1ccc(/C=N/NCc2ccc(OC)c(OC)c2)cc1OC. The molecule has 8 heteroatoms. The maximum absolute atomic E-state index is 11.2. The van der Waals surface area contributed by atoms with Crippen LogP contribution >= 0.6 is 0 Å². The summed E-state index contributed by atoms with van der Waals surface area (Å²) in [6.45, 7) is 0.335. The monoisotopic (exact) mass is 388 g/mol. The summed E-state index contributed by atoms with van der Waals surface area (Å²) in [5, 5.41) is 4.21. The molecule has 0 saturated carbocycles. The van der Waals surface area contributed by atoms with Crippen molar-refractivity contribution in [3.63, 3.8) is 0 Å². The number of carbonyl (C=O) groups excluding carboxylic acids is 1. The minimum atomic E-state index is -0.466. The van der Waals surface area contributed by atoms with E-state index in [0.717, 1.165) is 11.1 Å². The number of rotatable bonds is 10. The van der Waals surface area contributed by atoms with Crippen LogP contribution in [-0.4, -0.2) is 47.2 Å². The standard InChI is InChI=1S/C20H24N2O6/c1-24-16-7-5-14(9-18(16)25-2)11-21-22-12-15-6-8-17(19(10-15)26-3)28-13-20(23)27-4/h5-10,12,21H,11,13H2,1-4H3/b22-12+. The molecule has 0 spiro atoms. The lowest BCUT2D eigenvalue weighted by molar-refractivity contribution is -0.142.